The molecule has 0 bridgehead atoms. The van der Waals surface area contributed by atoms with Gasteiger partial charge >= 0.3 is 0 Å². The van der Waals surface area contributed by atoms with E-state index >= 15 is 0 Å². The van der Waals surface area contributed by atoms with Crippen molar-refractivity contribution in [3.05, 3.63) is 28.4 Å². The Balaban J connectivity index is 2.03. The van der Waals surface area contributed by atoms with Crippen LogP contribution in [0.5, 0.6) is 0 Å². The average Bonchev–Trinajstić information content (AvgIpc) is 2.47. The van der Waals surface area contributed by atoms with Crippen LogP contribution in [0.3, 0.4) is 0 Å². The Kier molecular flexibility index (Phi) is 4.43. The zero-order valence-electron chi connectivity index (χ0n) is 12.0. The van der Waals surface area contributed by atoms with Crippen LogP contribution in [-0.4, -0.2) is 54.1 Å². The fourth-order valence-electron chi connectivity index (χ4n) is 2.14. The highest BCUT2D eigenvalue weighted by atomic mass is 32.2. The van der Waals surface area contributed by atoms with Gasteiger partial charge in [0.25, 0.3) is 5.69 Å². The number of nitrogens with zero attached hydrogens (tertiary/aromatic N) is 4. The summed E-state index contributed by atoms with van der Waals surface area (Å²) < 4.78 is 25.6. The van der Waals surface area contributed by atoms with E-state index in [9.17, 15) is 18.5 Å². The predicted octanol–water partition coefficient (Wildman–Crippen LogP) is 0.850. The first-order valence-electron chi connectivity index (χ1n) is 6.66. The largest absolute Gasteiger partial charge is 0.354 e. The molecule has 0 atom stereocenters. The first-order chi connectivity index (χ1) is 9.82. The highest BCUT2D eigenvalue weighted by Gasteiger charge is 2.29. The molecule has 9 heteroatoms. The Hall–Kier alpha value is -1.74. The van der Waals surface area contributed by atoms with Crippen LogP contribution >= 0.6 is 0 Å². The van der Waals surface area contributed by atoms with Gasteiger partial charge in [0, 0.05) is 32.2 Å². The summed E-state index contributed by atoms with van der Waals surface area (Å²) in [6.07, 6.45) is 1.21. The summed E-state index contributed by atoms with van der Waals surface area (Å²) in [5.41, 5.74) is -0.0558. The molecule has 0 N–H and O–H groups in total. The van der Waals surface area contributed by atoms with E-state index in [1.54, 1.807) is 19.9 Å². The van der Waals surface area contributed by atoms with Crippen molar-refractivity contribution in [1.82, 2.24) is 9.29 Å². The van der Waals surface area contributed by atoms with Crippen molar-refractivity contribution in [2.75, 3.05) is 31.1 Å². The van der Waals surface area contributed by atoms with Gasteiger partial charge in [-0.05, 0) is 19.9 Å². The van der Waals surface area contributed by atoms with Gasteiger partial charge in [-0.15, -0.1) is 0 Å². The molecule has 0 radical (unpaired) electrons. The molecule has 1 fully saturated rings. The van der Waals surface area contributed by atoms with Gasteiger partial charge in [-0.2, -0.15) is 4.31 Å². The minimum absolute atomic E-state index is 0.0558. The molecule has 1 saturated heterocycles. The molecule has 21 heavy (non-hydrogen) atoms. The van der Waals surface area contributed by atoms with E-state index in [0.717, 1.165) is 0 Å². The molecule has 1 aliphatic heterocycles. The van der Waals surface area contributed by atoms with Crippen LogP contribution in [0.15, 0.2) is 18.3 Å². The number of hydrogen-bond acceptors (Lipinski definition) is 6. The number of piperazine rings is 1. The molecule has 0 saturated carbocycles. The van der Waals surface area contributed by atoms with E-state index < -0.39 is 20.2 Å². The van der Waals surface area contributed by atoms with Crippen LogP contribution in [0.4, 0.5) is 11.5 Å². The van der Waals surface area contributed by atoms with Gasteiger partial charge in [0.2, 0.25) is 10.0 Å². The number of rotatable bonds is 4. The lowest BCUT2D eigenvalue weighted by Crippen LogP contribution is -2.50. The third-order valence-electron chi connectivity index (χ3n) is 3.46. The minimum Gasteiger partial charge on any atom is -0.354 e. The van der Waals surface area contributed by atoms with Crippen LogP contribution in [0.1, 0.15) is 13.8 Å². The highest BCUT2D eigenvalue weighted by Crippen LogP contribution is 2.19. The molecule has 0 unspecified atom stereocenters. The summed E-state index contributed by atoms with van der Waals surface area (Å²) >= 11 is 0. The van der Waals surface area contributed by atoms with E-state index in [2.05, 4.69) is 4.98 Å². The summed E-state index contributed by atoms with van der Waals surface area (Å²) in [7, 11) is -3.23. The fourth-order valence-corrected chi connectivity index (χ4v) is 3.41. The normalized spacial score (nSPS) is 17.2. The molecule has 2 heterocycles. The fraction of sp³-hybridized carbons (Fsp3) is 0.583. The average molecular weight is 314 g/mol. The van der Waals surface area contributed by atoms with Crippen molar-refractivity contribution in [2.24, 2.45) is 0 Å². The summed E-state index contributed by atoms with van der Waals surface area (Å²) in [5, 5.41) is 10.2. The number of hydrogen-bond donors (Lipinski definition) is 0. The van der Waals surface area contributed by atoms with Crippen molar-refractivity contribution < 1.29 is 13.3 Å². The third kappa shape index (κ3) is 3.30. The van der Waals surface area contributed by atoms with Crippen LogP contribution in [0.2, 0.25) is 0 Å². The van der Waals surface area contributed by atoms with E-state index in [1.165, 1.54) is 16.6 Å². The number of anilines is 1. The lowest BCUT2D eigenvalue weighted by molar-refractivity contribution is -0.385. The molecule has 0 aliphatic carbocycles. The molecule has 2 rings (SSSR count). The van der Waals surface area contributed by atoms with Gasteiger partial charge in [0.1, 0.15) is 12.0 Å². The second kappa shape index (κ2) is 5.94. The van der Waals surface area contributed by atoms with Crippen LogP contribution in [0.25, 0.3) is 0 Å². The zero-order valence-corrected chi connectivity index (χ0v) is 12.8. The molecule has 8 nitrogen and oxygen atoms in total. The monoisotopic (exact) mass is 314 g/mol. The van der Waals surface area contributed by atoms with Gasteiger partial charge in [-0.3, -0.25) is 10.1 Å². The first-order valence-corrected chi connectivity index (χ1v) is 8.17. The van der Waals surface area contributed by atoms with Crippen molar-refractivity contribution in [2.45, 2.75) is 19.1 Å². The van der Waals surface area contributed by atoms with Crippen molar-refractivity contribution in [3.63, 3.8) is 0 Å². The molecule has 1 aromatic rings. The Morgan fingerprint density at radius 3 is 2.29 bits per heavy atom. The lowest BCUT2D eigenvalue weighted by Gasteiger charge is -2.35. The van der Waals surface area contributed by atoms with Gasteiger partial charge in [0.05, 0.1) is 10.2 Å². The Labute approximate surface area is 123 Å². The maximum atomic E-state index is 12.1. The zero-order chi connectivity index (χ0) is 15.6. The molecular formula is C12H18N4O4S. The third-order valence-corrected chi connectivity index (χ3v) is 5.74. The lowest BCUT2D eigenvalue weighted by atomic mass is 10.3. The Morgan fingerprint density at radius 2 is 1.86 bits per heavy atom. The van der Waals surface area contributed by atoms with Crippen molar-refractivity contribution >= 4 is 21.5 Å². The second-order valence-electron chi connectivity index (χ2n) is 5.11. The Morgan fingerprint density at radius 1 is 1.24 bits per heavy atom. The second-order valence-corrected chi connectivity index (χ2v) is 7.60. The summed E-state index contributed by atoms with van der Waals surface area (Å²) in [4.78, 5) is 16.1. The molecule has 0 aromatic carbocycles. The highest BCUT2D eigenvalue weighted by molar-refractivity contribution is 7.89. The maximum Gasteiger partial charge on any atom is 0.287 e. The molecular weight excluding hydrogens is 296 g/mol. The minimum atomic E-state index is -3.23. The number of aromatic nitrogens is 1. The van der Waals surface area contributed by atoms with Gasteiger partial charge in [0.15, 0.2) is 0 Å². The quantitative estimate of drug-likeness (QED) is 0.604. The topological polar surface area (TPSA) is 96.7 Å². The van der Waals surface area contributed by atoms with Crippen LogP contribution < -0.4 is 4.90 Å². The van der Waals surface area contributed by atoms with E-state index in [1.807, 2.05) is 4.90 Å². The number of pyridine rings is 1. The van der Waals surface area contributed by atoms with E-state index in [4.69, 9.17) is 0 Å². The molecule has 1 aromatic heterocycles. The van der Waals surface area contributed by atoms with Gasteiger partial charge in [-0.25, -0.2) is 13.4 Å². The molecule has 116 valence electrons. The van der Waals surface area contributed by atoms with Gasteiger partial charge < -0.3 is 4.90 Å². The maximum absolute atomic E-state index is 12.1. The van der Waals surface area contributed by atoms with E-state index in [0.29, 0.717) is 32.0 Å². The van der Waals surface area contributed by atoms with E-state index in [-0.39, 0.29) is 5.69 Å². The molecule has 0 amide bonds. The smallest absolute Gasteiger partial charge is 0.287 e. The van der Waals surface area contributed by atoms with Crippen molar-refractivity contribution in [1.29, 1.82) is 0 Å². The SMILES string of the molecule is CC(C)S(=O)(=O)N1CCN(c2ccc([N+](=O)[O-])cn2)CC1. The van der Waals surface area contributed by atoms with Gasteiger partial charge in [-0.1, -0.05) is 0 Å². The first kappa shape index (κ1) is 15.6. The van der Waals surface area contributed by atoms with Crippen molar-refractivity contribution in [3.8, 4) is 0 Å². The summed E-state index contributed by atoms with van der Waals surface area (Å²) in [6, 6.07) is 2.99. The summed E-state index contributed by atoms with van der Waals surface area (Å²) in [5.74, 6) is 0.627. The Bertz CT molecular complexity index is 607. The van der Waals surface area contributed by atoms with Crippen LogP contribution in [0, 0.1) is 10.1 Å². The summed E-state index contributed by atoms with van der Waals surface area (Å²) in [6.45, 7) is 5.19. The van der Waals surface area contributed by atoms with Crippen LogP contribution in [-0.2, 0) is 10.0 Å². The molecule has 1 aliphatic rings. The molecule has 0 spiro atoms. The predicted molar refractivity (Wildman–Crippen MR) is 78.7 cm³/mol. The number of sulfonamides is 1. The standard InChI is InChI=1S/C12H18N4O4S/c1-10(2)21(19,20)15-7-5-14(6-8-15)12-4-3-11(9-13-12)16(17)18/h3-4,9-10H,5-8H2,1-2H3. The number of nitro groups is 1.